The summed E-state index contributed by atoms with van der Waals surface area (Å²) in [5.74, 6) is -1.36. The first-order valence-corrected chi connectivity index (χ1v) is 11.8. The number of aromatic nitrogens is 1. The van der Waals surface area contributed by atoms with E-state index < -0.39 is 35.5 Å². The van der Waals surface area contributed by atoms with Crippen LogP contribution in [0.2, 0.25) is 0 Å². The third-order valence-corrected chi connectivity index (χ3v) is 6.00. The van der Waals surface area contributed by atoms with Crippen LogP contribution in [0.3, 0.4) is 0 Å². The van der Waals surface area contributed by atoms with Gasteiger partial charge in [-0.1, -0.05) is 59.8 Å². The summed E-state index contributed by atoms with van der Waals surface area (Å²) in [4.78, 5) is 12.9. The van der Waals surface area contributed by atoms with Gasteiger partial charge in [0.05, 0.1) is 0 Å². The van der Waals surface area contributed by atoms with E-state index in [-0.39, 0.29) is 29.8 Å². The molecule has 0 aliphatic rings. The molecule has 3 aromatic carbocycles. The quantitative estimate of drug-likeness (QED) is 0.228. The number of hydrogen-bond acceptors (Lipinski definition) is 5. The van der Waals surface area contributed by atoms with Crippen molar-refractivity contribution in [2.75, 3.05) is 6.54 Å². The summed E-state index contributed by atoms with van der Waals surface area (Å²) < 4.78 is 91.7. The van der Waals surface area contributed by atoms with E-state index in [1.165, 1.54) is 30.3 Å². The second-order valence-electron chi connectivity index (χ2n) is 8.90. The fourth-order valence-electron chi connectivity index (χ4n) is 4.36. The fraction of sp³-hybridized carbons (Fsp3) is 0.214. The fourth-order valence-corrected chi connectivity index (χ4v) is 4.36. The van der Waals surface area contributed by atoms with Crippen molar-refractivity contribution in [3.8, 4) is 11.5 Å². The largest absolute Gasteiger partial charge is 0.573 e. The molecule has 0 fully saturated rings. The molecule has 0 aliphatic heterocycles. The van der Waals surface area contributed by atoms with Crippen LogP contribution in [0.15, 0.2) is 89.5 Å². The number of halogens is 6. The maximum absolute atomic E-state index is 13.1. The molecule has 0 atom stereocenters. The molecule has 4 aromatic rings. The first-order valence-electron chi connectivity index (χ1n) is 11.8. The third kappa shape index (κ3) is 7.33. The van der Waals surface area contributed by atoms with Gasteiger partial charge in [0.1, 0.15) is 17.3 Å². The standard InChI is InChI=1S/C28H22F6N2O4/c1-18-13-24(36-40-18)25(37)35-17-26(16-19-7-3-2-4-8-19,20-9-5-11-22(14-20)38-27(29,30)31)21-10-6-12-23(15-21)39-28(32,33)34/h2-15H,16-17H2,1H3,(H,35,37). The van der Waals surface area contributed by atoms with E-state index in [0.29, 0.717) is 11.3 Å². The Labute approximate surface area is 224 Å². The zero-order valence-electron chi connectivity index (χ0n) is 20.8. The number of amides is 1. The number of hydrogen-bond donors (Lipinski definition) is 1. The number of ether oxygens (including phenoxy) is 2. The molecule has 0 aliphatic carbocycles. The van der Waals surface area contributed by atoms with Crippen LogP contribution in [-0.2, 0) is 11.8 Å². The van der Waals surface area contributed by atoms with Crippen LogP contribution < -0.4 is 14.8 Å². The minimum atomic E-state index is -4.99. The van der Waals surface area contributed by atoms with Crippen molar-refractivity contribution in [3.05, 3.63) is 113 Å². The Bertz CT molecular complexity index is 1390. The maximum Gasteiger partial charge on any atom is 0.573 e. The zero-order chi connectivity index (χ0) is 29.0. The average molecular weight is 564 g/mol. The number of carbonyl (C=O) groups is 1. The first kappa shape index (κ1) is 28.5. The van der Waals surface area contributed by atoms with Gasteiger partial charge >= 0.3 is 12.7 Å². The Kier molecular flexibility index (Phi) is 8.08. The molecule has 210 valence electrons. The van der Waals surface area contributed by atoms with Gasteiger partial charge in [0.15, 0.2) is 5.69 Å². The predicted molar refractivity (Wildman–Crippen MR) is 131 cm³/mol. The molecule has 1 heterocycles. The Morgan fingerprint density at radius 3 is 1.82 bits per heavy atom. The van der Waals surface area contributed by atoms with E-state index >= 15 is 0 Å². The van der Waals surface area contributed by atoms with Crippen molar-refractivity contribution in [2.45, 2.75) is 31.5 Å². The van der Waals surface area contributed by atoms with Gasteiger partial charge in [0, 0.05) is 18.0 Å². The Morgan fingerprint density at radius 2 is 1.35 bits per heavy atom. The SMILES string of the molecule is Cc1cc(C(=O)NCC(Cc2ccccc2)(c2cccc(OC(F)(F)F)c2)c2cccc(OC(F)(F)F)c2)no1. The Morgan fingerprint density at radius 1 is 0.800 bits per heavy atom. The number of benzene rings is 3. The molecule has 6 nitrogen and oxygen atoms in total. The van der Waals surface area contributed by atoms with Gasteiger partial charge in [-0.2, -0.15) is 0 Å². The van der Waals surface area contributed by atoms with E-state index in [0.717, 1.165) is 24.3 Å². The lowest BCUT2D eigenvalue weighted by Gasteiger charge is -2.36. The molecule has 4 rings (SSSR count). The van der Waals surface area contributed by atoms with E-state index in [1.54, 1.807) is 37.3 Å². The van der Waals surface area contributed by atoms with Crippen molar-refractivity contribution in [3.63, 3.8) is 0 Å². The van der Waals surface area contributed by atoms with Crippen LogP contribution in [0.1, 0.15) is 32.9 Å². The van der Waals surface area contributed by atoms with Gasteiger partial charge in [-0.25, -0.2) is 0 Å². The molecule has 1 amide bonds. The first-order chi connectivity index (χ1) is 18.8. The second-order valence-corrected chi connectivity index (χ2v) is 8.90. The zero-order valence-corrected chi connectivity index (χ0v) is 20.8. The minimum Gasteiger partial charge on any atom is -0.406 e. The number of rotatable bonds is 9. The normalized spacial score (nSPS) is 12.2. The number of nitrogens with zero attached hydrogens (tertiary/aromatic N) is 1. The molecule has 0 unspecified atom stereocenters. The summed E-state index contributed by atoms with van der Waals surface area (Å²) in [5.41, 5.74) is -0.281. The number of alkyl halides is 6. The minimum absolute atomic E-state index is 0.0468. The van der Waals surface area contributed by atoms with Crippen molar-refractivity contribution in [2.24, 2.45) is 0 Å². The van der Waals surface area contributed by atoms with Gasteiger partial charge in [0.2, 0.25) is 0 Å². The van der Waals surface area contributed by atoms with Crippen LogP contribution in [0, 0.1) is 6.92 Å². The van der Waals surface area contributed by atoms with Crippen LogP contribution in [0.4, 0.5) is 26.3 Å². The molecule has 0 saturated carbocycles. The van der Waals surface area contributed by atoms with Gasteiger partial charge in [0.25, 0.3) is 5.91 Å². The molecule has 0 spiro atoms. The van der Waals surface area contributed by atoms with Crippen LogP contribution in [0.5, 0.6) is 11.5 Å². The topological polar surface area (TPSA) is 73.6 Å². The average Bonchev–Trinajstić information content (AvgIpc) is 3.31. The summed E-state index contributed by atoms with van der Waals surface area (Å²) in [6.45, 7) is 1.33. The van der Waals surface area contributed by atoms with Crippen molar-refractivity contribution >= 4 is 5.91 Å². The van der Waals surface area contributed by atoms with E-state index in [9.17, 15) is 31.1 Å². The molecule has 12 heteroatoms. The highest BCUT2D eigenvalue weighted by atomic mass is 19.4. The molecular formula is C28H22F6N2O4. The molecule has 0 saturated heterocycles. The van der Waals surface area contributed by atoms with E-state index in [1.807, 2.05) is 0 Å². The number of nitrogens with one attached hydrogen (secondary N) is 1. The van der Waals surface area contributed by atoms with Gasteiger partial charge < -0.3 is 19.3 Å². The van der Waals surface area contributed by atoms with Crippen LogP contribution >= 0.6 is 0 Å². The molecule has 0 bridgehead atoms. The van der Waals surface area contributed by atoms with Crippen LogP contribution in [-0.4, -0.2) is 30.3 Å². The molecular weight excluding hydrogens is 542 g/mol. The van der Waals surface area contributed by atoms with Gasteiger partial charge in [-0.15, -0.1) is 26.3 Å². The highest BCUT2D eigenvalue weighted by Gasteiger charge is 2.38. The lowest BCUT2D eigenvalue weighted by atomic mass is 9.70. The lowest BCUT2D eigenvalue weighted by Crippen LogP contribution is -2.43. The highest BCUT2D eigenvalue weighted by Crippen LogP contribution is 2.40. The predicted octanol–water partition coefficient (Wildman–Crippen LogP) is 6.74. The number of carbonyl (C=O) groups excluding carboxylic acids is 1. The summed E-state index contributed by atoms with van der Waals surface area (Å²) >= 11 is 0. The molecule has 0 radical (unpaired) electrons. The van der Waals surface area contributed by atoms with E-state index in [4.69, 9.17) is 4.52 Å². The second kappa shape index (κ2) is 11.3. The maximum atomic E-state index is 13.1. The third-order valence-electron chi connectivity index (χ3n) is 6.00. The smallest absolute Gasteiger partial charge is 0.406 e. The highest BCUT2D eigenvalue weighted by molar-refractivity contribution is 5.92. The van der Waals surface area contributed by atoms with Gasteiger partial charge in [-0.3, -0.25) is 4.79 Å². The molecule has 1 N–H and O–H groups in total. The number of aryl methyl sites for hydroxylation is 1. The van der Waals surface area contributed by atoms with E-state index in [2.05, 4.69) is 19.9 Å². The van der Waals surface area contributed by atoms with Gasteiger partial charge in [-0.05, 0) is 54.3 Å². The van der Waals surface area contributed by atoms with Crippen molar-refractivity contribution in [1.29, 1.82) is 0 Å². The summed E-state index contributed by atoms with van der Waals surface area (Å²) in [7, 11) is 0. The Hall–Kier alpha value is -4.48. The summed E-state index contributed by atoms with van der Waals surface area (Å²) in [6, 6.07) is 20.3. The monoisotopic (exact) mass is 564 g/mol. The van der Waals surface area contributed by atoms with Crippen LogP contribution in [0.25, 0.3) is 0 Å². The Balaban J connectivity index is 1.88. The molecule has 40 heavy (non-hydrogen) atoms. The summed E-state index contributed by atoms with van der Waals surface area (Å²) in [6.07, 6.45) is -9.91. The summed E-state index contributed by atoms with van der Waals surface area (Å²) in [5, 5.41) is 6.40. The van der Waals surface area contributed by atoms with Crippen molar-refractivity contribution in [1.82, 2.24) is 10.5 Å². The molecule has 1 aromatic heterocycles. The van der Waals surface area contributed by atoms with Crippen molar-refractivity contribution < 1.29 is 45.1 Å². The lowest BCUT2D eigenvalue weighted by molar-refractivity contribution is -0.275.